The summed E-state index contributed by atoms with van der Waals surface area (Å²) in [5, 5.41) is 0. The highest BCUT2D eigenvalue weighted by atomic mass is 19.3. The van der Waals surface area contributed by atoms with Crippen LogP contribution in [-0.2, 0) is 5.92 Å². The van der Waals surface area contributed by atoms with Gasteiger partial charge in [-0.25, -0.2) is 13.2 Å². The molecule has 0 amide bonds. The lowest BCUT2D eigenvalue weighted by Gasteiger charge is -2.12. The van der Waals surface area contributed by atoms with Crippen LogP contribution in [0.2, 0.25) is 0 Å². The monoisotopic (exact) mass is 204 g/mol. The lowest BCUT2D eigenvalue weighted by molar-refractivity contribution is 0.0171. The first-order valence-electron chi connectivity index (χ1n) is 4.25. The molecule has 78 valence electrons. The van der Waals surface area contributed by atoms with E-state index in [0.717, 1.165) is 19.1 Å². The normalized spacial score (nSPS) is 11.5. The molecule has 0 aliphatic heterocycles. The Bertz CT molecular complexity index is 318. The lowest BCUT2D eigenvalue weighted by atomic mass is 10.1. The number of hydrogen-bond acceptors (Lipinski definition) is 1. The molecule has 0 aliphatic carbocycles. The van der Waals surface area contributed by atoms with Crippen molar-refractivity contribution in [3.63, 3.8) is 0 Å². The summed E-state index contributed by atoms with van der Waals surface area (Å²) in [6, 6.07) is 3.17. The van der Waals surface area contributed by atoms with Crippen molar-refractivity contribution >= 4 is 0 Å². The Hall–Kier alpha value is -1.19. The molecule has 0 spiro atoms. The smallest absolute Gasteiger partial charge is 0.270 e. The molecule has 1 aromatic carbocycles. The largest absolute Gasteiger partial charge is 0.491 e. The molecule has 0 heterocycles. The minimum atomic E-state index is -3.02. The maximum Gasteiger partial charge on any atom is 0.270 e. The van der Waals surface area contributed by atoms with Gasteiger partial charge in [0.05, 0.1) is 6.61 Å². The van der Waals surface area contributed by atoms with Gasteiger partial charge in [0.1, 0.15) is 0 Å². The molecule has 1 aromatic rings. The molecule has 0 aromatic heterocycles. The van der Waals surface area contributed by atoms with Gasteiger partial charge in [-0.3, -0.25) is 0 Å². The third-order valence-electron chi connectivity index (χ3n) is 1.74. The van der Waals surface area contributed by atoms with Crippen LogP contribution in [0.15, 0.2) is 18.2 Å². The van der Waals surface area contributed by atoms with Crippen molar-refractivity contribution in [2.75, 3.05) is 6.61 Å². The van der Waals surface area contributed by atoms with Crippen LogP contribution in [0.1, 0.15) is 19.4 Å². The average molecular weight is 204 g/mol. The number of benzene rings is 1. The van der Waals surface area contributed by atoms with Crippen LogP contribution < -0.4 is 4.74 Å². The SMILES string of the molecule is CCOc1ccc(C(C)(F)F)cc1F. The third-order valence-corrected chi connectivity index (χ3v) is 1.74. The van der Waals surface area contributed by atoms with Crippen molar-refractivity contribution in [3.8, 4) is 5.75 Å². The van der Waals surface area contributed by atoms with Crippen LogP contribution in [0, 0.1) is 5.82 Å². The van der Waals surface area contributed by atoms with Gasteiger partial charge in [-0.1, -0.05) is 0 Å². The summed E-state index contributed by atoms with van der Waals surface area (Å²) in [4.78, 5) is 0. The highest BCUT2D eigenvalue weighted by molar-refractivity contribution is 5.31. The van der Waals surface area contributed by atoms with Crippen molar-refractivity contribution in [2.45, 2.75) is 19.8 Å². The quantitative estimate of drug-likeness (QED) is 0.733. The van der Waals surface area contributed by atoms with E-state index in [-0.39, 0.29) is 11.3 Å². The molecule has 1 nitrogen and oxygen atoms in total. The van der Waals surface area contributed by atoms with Gasteiger partial charge < -0.3 is 4.74 Å². The summed E-state index contributed by atoms with van der Waals surface area (Å²) in [6.45, 7) is 2.72. The Balaban J connectivity index is 3.01. The highest BCUT2D eigenvalue weighted by Gasteiger charge is 2.25. The minimum Gasteiger partial charge on any atom is -0.491 e. The Kier molecular flexibility index (Phi) is 3.03. The molecule has 0 aliphatic rings. The van der Waals surface area contributed by atoms with E-state index in [1.807, 2.05) is 0 Å². The fourth-order valence-electron chi connectivity index (χ4n) is 1.05. The maximum atomic E-state index is 13.1. The predicted molar refractivity (Wildman–Crippen MR) is 47.1 cm³/mol. The van der Waals surface area contributed by atoms with Crippen molar-refractivity contribution in [1.29, 1.82) is 0 Å². The van der Waals surface area contributed by atoms with Crippen LogP contribution in [-0.4, -0.2) is 6.61 Å². The molecule has 14 heavy (non-hydrogen) atoms. The molecule has 0 bridgehead atoms. The molecule has 0 saturated carbocycles. The lowest BCUT2D eigenvalue weighted by Crippen LogP contribution is -2.07. The molecule has 1 rings (SSSR count). The molecule has 0 saturated heterocycles. The summed E-state index contributed by atoms with van der Waals surface area (Å²) in [7, 11) is 0. The standard InChI is InChI=1S/C10H11F3O/c1-3-14-9-5-4-7(6-8(9)11)10(2,12)13/h4-6H,3H2,1-2H3. The number of halogens is 3. The summed E-state index contributed by atoms with van der Waals surface area (Å²) in [6.07, 6.45) is 0. The van der Waals surface area contributed by atoms with Gasteiger partial charge in [-0.2, -0.15) is 0 Å². The highest BCUT2D eigenvalue weighted by Crippen LogP contribution is 2.29. The van der Waals surface area contributed by atoms with Crippen LogP contribution in [0.4, 0.5) is 13.2 Å². The van der Waals surface area contributed by atoms with E-state index >= 15 is 0 Å². The zero-order valence-corrected chi connectivity index (χ0v) is 7.98. The van der Waals surface area contributed by atoms with E-state index in [1.165, 1.54) is 6.07 Å². The van der Waals surface area contributed by atoms with Crippen molar-refractivity contribution in [1.82, 2.24) is 0 Å². The fourth-order valence-corrected chi connectivity index (χ4v) is 1.05. The Labute approximate surface area is 80.5 Å². The first kappa shape index (κ1) is 10.9. The summed E-state index contributed by atoms with van der Waals surface area (Å²) in [5.74, 6) is -3.78. The number of rotatable bonds is 3. The summed E-state index contributed by atoms with van der Waals surface area (Å²) in [5.41, 5.74) is -0.349. The molecule has 4 heteroatoms. The van der Waals surface area contributed by atoms with Gasteiger partial charge >= 0.3 is 0 Å². The van der Waals surface area contributed by atoms with Crippen LogP contribution >= 0.6 is 0 Å². The number of ether oxygens (including phenoxy) is 1. The molecule has 0 fully saturated rings. The first-order chi connectivity index (χ1) is 6.45. The zero-order valence-electron chi connectivity index (χ0n) is 7.98. The Morgan fingerprint density at radius 3 is 2.43 bits per heavy atom. The molecule has 0 atom stereocenters. The second-order valence-corrected chi connectivity index (χ2v) is 2.97. The van der Waals surface area contributed by atoms with Gasteiger partial charge in [-0.15, -0.1) is 0 Å². The van der Waals surface area contributed by atoms with Gasteiger partial charge in [0, 0.05) is 12.5 Å². The van der Waals surface area contributed by atoms with Gasteiger partial charge in [0.2, 0.25) is 0 Å². The average Bonchev–Trinajstić information content (AvgIpc) is 2.07. The summed E-state index contributed by atoms with van der Waals surface area (Å²) < 4.78 is 43.5. The van der Waals surface area contributed by atoms with Gasteiger partial charge in [0.25, 0.3) is 5.92 Å². The second-order valence-electron chi connectivity index (χ2n) is 2.97. The van der Waals surface area contributed by atoms with Crippen molar-refractivity contribution < 1.29 is 17.9 Å². The first-order valence-corrected chi connectivity index (χ1v) is 4.25. The van der Waals surface area contributed by atoms with Crippen LogP contribution in [0.3, 0.4) is 0 Å². The van der Waals surface area contributed by atoms with E-state index in [1.54, 1.807) is 6.92 Å². The third kappa shape index (κ3) is 2.40. The molecular weight excluding hydrogens is 193 g/mol. The van der Waals surface area contributed by atoms with Crippen molar-refractivity contribution in [2.24, 2.45) is 0 Å². The Morgan fingerprint density at radius 1 is 1.36 bits per heavy atom. The predicted octanol–water partition coefficient (Wildman–Crippen LogP) is 3.34. The van der Waals surface area contributed by atoms with Gasteiger partial charge in [-0.05, 0) is 25.1 Å². The van der Waals surface area contributed by atoms with E-state index in [4.69, 9.17) is 4.74 Å². The van der Waals surface area contributed by atoms with Crippen LogP contribution in [0.25, 0.3) is 0 Å². The Morgan fingerprint density at radius 2 is 2.00 bits per heavy atom. The zero-order chi connectivity index (χ0) is 10.8. The summed E-state index contributed by atoms with van der Waals surface area (Å²) >= 11 is 0. The minimum absolute atomic E-state index is 0.000463. The van der Waals surface area contributed by atoms with E-state index in [9.17, 15) is 13.2 Å². The van der Waals surface area contributed by atoms with Crippen molar-refractivity contribution in [3.05, 3.63) is 29.6 Å². The number of alkyl halides is 2. The second kappa shape index (κ2) is 3.90. The molecule has 0 unspecified atom stereocenters. The van der Waals surface area contributed by atoms with Gasteiger partial charge in [0.15, 0.2) is 11.6 Å². The fraction of sp³-hybridized carbons (Fsp3) is 0.400. The molecule has 0 N–H and O–H groups in total. The van der Waals surface area contributed by atoms with Crippen LogP contribution in [0.5, 0.6) is 5.75 Å². The molecule has 0 radical (unpaired) electrons. The van der Waals surface area contributed by atoms with E-state index < -0.39 is 11.7 Å². The number of hydrogen-bond donors (Lipinski definition) is 0. The molecular formula is C10H11F3O. The maximum absolute atomic E-state index is 13.1. The van der Waals surface area contributed by atoms with E-state index in [0.29, 0.717) is 6.61 Å². The van der Waals surface area contributed by atoms with E-state index in [2.05, 4.69) is 0 Å². The topological polar surface area (TPSA) is 9.23 Å².